The minimum absolute atomic E-state index is 0.179. The summed E-state index contributed by atoms with van der Waals surface area (Å²) < 4.78 is 13.1. The largest absolute Gasteiger partial charge is 0.329 e. The zero-order valence-electron chi connectivity index (χ0n) is 10.3. The van der Waals surface area contributed by atoms with Gasteiger partial charge in [-0.3, -0.25) is 0 Å². The van der Waals surface area contributed by atoms with E-state index in [9.17, 15) is 4.39 Å². The molecule has 3 N–H and O–H groups in total. The van der Waals surface area contributed by atoms with Gasteiger partial charge in [-0.15, -0.1) is 0 Å². The second-order valence-corrected chi connectivity index (χ2v) is 4.87. The highest BCUT2D eigenvalue weighted by molar-refractivity contribution is 5.19. The van der Waals surface area contributed by atoms with Gasteiger partial charge in [0.15, 0.2) is 0 Å². The molecule has 1 rings (SSSR count). The van der Waals surface area contributed by atoms with E-state index in [1.165, 1.54) is 6.07 Å². The molecule has 2 nitrogen and oxygen atoms in total. The summed E-state index contributed by atoms with van der Waals surface area (Å²) in [5.74, 6) is -0.193. The van der Waals surface area contributed by atoms with Gasteiger partial charge in [-0.1, -0.05) is 26.0 Å². The summed E-state index contributed by atoms with van der Waals surface area (Å²) in [6, 6.07) is 7.05. The number of hydrogen-bond acceptors (Lipinski definition) is 2. The lowest BCUT2D eigenvalue weighted by Gasteiger charge is -2.32. The number of nitrogens with one attached hydrogen (secondary N) is 1. The summed E-state index contributed by atoms with van der Waals surface area (Å²) in [7, 11) is 0. The Bertz CT molecular complexity index is 338. The van der Waals surface area contributed by atoms with Crippen molar-refractivity contribution >= 4 is 0 Å². The van der Waals surface area contributed by atoms with Gasteiger partial charge in [-0.05, 0) is 31.0 Å². The van der Waals surface area contributed by atoms with Crippen molar-refractivity contribution < 1.29 is 4.39 Å². The fourth-order valence-electron chi connectivity index (χ4n) is 1.98. The molecule has 1 atom stereocenters. The van der Waals surface area contributed by atoms with Crippen molar-refractivity contribution in [2.24, 2.45) is 5.73 Å². The standard InChI is InChI=1S/C13H21FN2/c1-10(2)16-13(3,9-15)8-11-5-4-6-12(14)7-11/h4-7,10,16H,8-9,15H2,1-3H3. The maximum Gasteiger partial charge on any atom is 0.123 e. The molecule has 1 aromatic carbocycles. The van der Waals surface area contributed by atoms with Gasteiger partial charge in [0.05, 0.1) is 0 Å². The first-order chi connectivity index (χ1) is 7.45. The van der Waals surface area contributed by atoms with E-state index >= 15 is 0 Å². The molecule has 0 radical (unpaired) electrons. The van der Waals surface area contributed by atoms with E-state index < -0.39 is 0 Å². The number of rotatable bonds is 5. The lowest BCUT2D eigenvalue weighted by molar-refractivity contribution is 0.331. The summed E-state index contributed by atoms with van der Waals surface area (Å²) in [5, 5.41) is 3.43. The Kier molecular flexibility index (Phi) is 4.44. The van der Waals surface area contributed by atoms with Crippen LogP contribution in [0.15, 0.2) is 24.3 Å². The van der Waals surface area contributed by atoms with E-state index in [1.807, 2.05) is 6.07 Å². The molecule has 1 aromatic rings. The number of hydrogen-bond donors (Lipinski definition) is 2. The smallest absolute Gasteiger partial charge is 0.123 e. The molecule has 16 heavy (non-hydrogen) atoms. The van der Waals surface area contributed by atoms with Crippen LogP contribution in [0, 0.1) is 5.82 Å². The van der Waals surface area contributed by atoms with Gasteiger partial charge in [0.2, 0.25) is 0 Å². The normalized spacial score (nSPS) is 15.1. The third-order valence-corrected chi connectivity index (χ3v) is 2.57. The van der Waals surface area contributed by atoms with E-state index in [0.717, 1.165) is 12.0 Å². The average molecular weight is 224 g/mol. The molecule has 0 saturated carbocycles. The van der Waals surface area contributed by atoms with Crippen LogP contribution in [0.5, 0.6) is 0 Å². The zero-order chi connectivity index (χ0) is 12.2. The van der Waals surface area contributed by atoms with Crippen LogP contribution in [-0.2, 0) is 6.42 Å². The minimum atomic E-state index is -0.193. The monoisotopic (exact) mass is 224 g/mol. The van der Waals surface area contributed by atoms with Gasteiger partial charge in [0.25, 0.3) is 0 Å². The molecule has 1 unspecified atom stereocenters. The molecule has 0 fully saturated rings. The highest BCUT2D eigenvalue weighted by atomic mass is 19.1. The maximum absolute atomic E-state index is 13.1. The van der Waals surface area contributed by atoms with Crippen LogP contribution in [0.3, 0.4) is 0 Å². The molecular formula is C13H21FN2. The Balaban J connectivity index is 2.76. The van der Waals surface area contributed by atoms with E-state index in [4.69, 9.17) is 5.73 Å². The summed E-state index contributed by atoms with van der Waals surface area (Å²) in [4.78, 5) is 0. The predicted molar refractivity (Wildman–Crippen MR) is 65.8 cm³/mol. The van der Waals surface area contributed by atoms with Crippen molar-refractivity contribution in [2.45, 2.75) is 38.8 Å². The van der Waals surface area contributed by atoms with Crippen LogP contribution in [0.2, 0.25) is 0 Å². The molecule has 0 bridgehead atoms. The second-order valence-electron chi connectivity index (χ2n) is 4.87. The maximum atomic E-state index is 13.1. The zero-order valence-corrected chi connectivity index (χ0v) is 10.3. The van der Waals surface area contributed by atoms with Crippen molar-refractivity contribution in [1.82, 2.24) is 5.32 Å². The topological polar surface area (TPSA) is 38.0 Å². The lowest BCUT2D eigenvalue weighted by Crippen LogP contribution is -2.53. The van der Waals surface area contributed by atoms with E-state index in [2.05, 4.69) is 26.1 Å². The van der Waals surface area contributed by atoms with E-state index in [0.29, 0.717) is 12.6 Å². The summed E-state index contributed by atoms with van der Waals surface area (Å²) >= 11 is 0. The Labute approximate surface area is 97.0 Å². The highest BCUT2D eigenvalue weighted by Gasteiger charge is 2.23. The number of nitrogens with two attached hydrogens (primary N) is 1. The van der Waals surface area contributed by atoms with Gasteiger partial charge < -0.3 is 11.1 Å². The first-order valence-electron chi connectivity index (χ1n) is 5.67. The van der Waals surface area contributed by atoms with Crippen molar-refractivity contribution in [3.63, 3.8) is 0 Å². The quantitative estimate of drug-likeness (QED) is 0.803. The van der Waals surface area contributed by atoms with Crippen molar-refractivity contribution in [2.75, 3.05) is 6.54 Å². The molecule has 90 valence electrons. The molecular weight excluding hydrogens is 203 g/mol. The fourth-order valence-corrected chi connectivity index (χ4v) is 1.98. The predicted octanol–water partition coefficient (Wildman–Crippen LogP) is 2.08. The first-order valence-corrected chi connectivity index (χ1v) is 5.67. The molecule has 0 aliphatic rings. The van der Waals surface area contributed by atoms with Gasteiger partial charge in [0.1, 0.15) is 5.82 Å². The molecule has 3 heteroatoms. The SMILES string of the molecule is CC(C)NC(C)(CN)Cc1cccc(F)c1. The van der Waals surface area contributed by atoms with Crippen molar-refractivity contribution in [3.8, 4) is 0 Å². The molecule has 0 saturated heterocycles. The van der Waals surface area contributed by atoms with Gasteiger partial charge in [-0.25, -0.2) is 4.39 Å². The van der Waals surface area contributed by atoms with Crippen LogP contribution in [-0.4, -0.2) is 18.1 Å². The number of halogens is 1. The molecule has 0 amide bonds. The Hall–Kier alpha value is -0.930. The van der Waals surface area contributed by atoms with Gasteiger partial charge in [0, 0.05) is 18.1 Å². The molecule has 0 aromatic heterocycles. The summed E-state index contributed by atoms with van der Waals surface area (Å²) in [6.45, 7) is 6.76. The van der Waals surface area contributed by atoms with Crippen LogP contribution in [0.1, 0.15) is 26.3 Å². The molecule has 0 aliphatic heterocycles. The lowest BCUT2D eigenvalue weighted by atomic mass is 9.92. The summed E-state index contributed by atoms with van der Waals surface area (Å²) in [6.07, 6.45) is 0.736. The van der Waals surface area contributed by atoms with Crippen molar-refractivity contribution in [3.05, 3.63) is 35.6 Å². The minimum Gasteiger partial charge on any atom is -0.329 e. The fraction of sp³-hybridized carbons (Fsp3) is 0.538. The third kappa shape index (κ3) is 3.91. The van der Waals surface area contributed by atoms with Crippen LogP contribution >= 0.6 is 0 Å². The van der Waals surface area contributed by atoms with Crippen molar-refractivity contribution in [1.29, 1.82) is 0 Å². The molecule has 0 spiro atoms. The van der Waals surface area contributed by atoms with Crippen LogP contribution in [0.25, 0.3) is 0 Å². The molecule has 0 aliphatic carbocycles. The van der Waals surface area contributed by atoms with Crippen LogP contribution in [0.4, 0.5) is 4.39 Å². The highest BCUT2D eigenvalue weighted by Crippen LogP contribution is 2.14. The second kappa shape index (κ2) is 5.41. The Morgan fingerprint density at radius 2 is 2.12 bits per heavy atom. The Morgan fingerprint density at radius 1 is 1.44 bits per heavy atom. The summed E-state index contributed by atoms with van der Waals surface area (Å²) in [5.41, 5.74) is 6.58. The molecule has 0 heterocycles. The van der Waals surface area contributed by atoms with E-state index in [-0.39, 0.29) is 11.4 Å². The van der Waals surface area contributed by atoms with Crippen LogP contribution < -0.4 is 11.1 Å². The van der Waals surface area contributed by atoms with Gasteiger partial charge in [-0.2, -0.15) is 0 Å². The Morgan fingerprint density at radius 3 is 2.62 bits per heavy atom. The average Bonchev–Trinajstić information content (AvgIpc) is 2.16. The van der Waals surface area contributed by atoms with E-state index in [1.54, 1.807) is 12.1 Å². The number of benzene rings is 1. The van der Waals surface area contributed by atoms with Gasteiger partial charge >= 0.3 is 0 Å². The first kappa shape index (κ1) is 13.1. The third-order valence-electron chi connectivity index (χ3n) is 2.57.